The van der Waals surface area contributed by atoms with Crippen molar-refractivity contribution in [1.29, 1.82) is 0 Å². The normalized spacial score (nSPS) is 17.0. The maximum Gasteiger partial charge on any atom is 0.231 e. The standard InChI is InChI=1S/C20H22N5O2/c1-2-5-13(6-3-1)22-19-14-9-10-21-18(14)24-20(25-19)23-15-7-4-8-16-17(15)27-12-11-26-16/h4,7,9-10,13H,1-3,5-6,11-12H2,(H3,21,22,23,24,25). The summed E-state index contributed by atoms with van der Waals surface area (Å²) < 4.78 is 11.4. The van der Waals surface area contributed by atoms with Crippen molar-refractivity contribution in [2.45, 2.75) is 38.1 Å². The van der Waals surface area contributed by atoms with Crippen LogP contribution in [0.25, 0.3) is 11.0 Å². The van der Waals surface area contributed by atoms with Crippen molar-refractivity contribution in [3.63, 3.8) is 0 Å². The Bertz CT molecular complexity index is 949. The van der Waals surface area contributed by atoms with E-state index in [1.807, 2.05) is 24.4 Å². The SMILES string of the molecule is [c]1ccc(Nc2nc(NC3CCCCC3)c3cc[nH]c3n2)c2c1OCCO2. The molecule has 2 aliphatic rings. The van der Waals surface area contributed by atoms with Crippen molar-refractivity contribution in [3.8, 4) is 11.5 Å². The molecular formula is C20H22N5O2. The van der Waals surface area contributed by atoms with Gasteiger partial charge in [0.2, 0.25) is 5.95 Å². The van der Waals surface area contributed by atoms with Gasteiger partial charge in [0.15, 0.2) is 11.5 Å². The Morgan fingerprint density at radius 3 is 2.89 bits per heavy atom. The van der Waals surface area contributed by atoms with Crippen molar-refractivity contribution in [1.82, 2.24) is 15.0 Å². The van der Waals surface area contributed by atoms with Crippen molar-refractivity contribution in [2.75, 3.05) is 23.8 Å². The van der Waals surface area contributed by atoms with Crippen LogP contribution in [0.4, 0.5) is 17.5 Å². The Hall–Kier alpha value is -2.96. The van der Waals surface area contributed by atoms with Gasteiger partial charge in [0.1, 0.15) is 24.7 Å². The number of rotatable bonds is 4. The van der Waals surface area contributed by atoms with Crippen LogP contribution in [-0.4, -0.2) is 34.2 Å². The lowest BCUT2D eigenvalue weighted by Crippen LogP contribution is -2.23. The molecule has 0 unspecified atom stereocenters. The first-order chi connectivity index (χ1) is 13.4. The Balaban J connectivity index is 1.47. The molecule has 1 fully saturated rings. The van der Waals surface area contributed by atoms with E-state index < -0.39 is 0 Å². The number of aromatic amines is 1. The number of ether oxygens (including phenoxy) is 2. The van der Waals surface area contributed by atoms with E-state index in [0.717, 1.165) is 22.5 Å². The summed E-state index contributed by atoms with van der Waals surface area (Å²) in [5.41, 5.74) is 1.58. The second-order valence-electron chi connectivity index (χ2n) is 6.99. The second-order valence-corrected chi connectivity index (χ2v) is 6.99. The lowest BCUT2D eigenvalue weighted by Gasteiger charge is -2.24. The van der Waals surface area contributed by atoms with Crippen molar-refractivity contribution in [2.24, 2.45) is 0 Å². The lowest BCUT2D eigenvalue weighted by atomic mass is 9.95. The molecule has 7 nitrogen and oxygen atoms in total. The summed E-state index contributed by atoms with van der Waals surface area (Å²) in [6.07, 6.45) is 8.14. The van der Waals surface area contributed by atoms with Crippen LogP contribution in [0.3, 0.4) is 0 Å². The fourth-order valence-corrected chi connectivity index (χ4v) is 3.77. The summed E-state index contributed by atoms with van der Waals surface area (Å²) in [5.74, 6) is 2.66. The molecule has 1 aliphatic heterocycles. The Labute approximate surface area is 157 Å². The zero-order valence-corrected chi connectivity index (χ0v) is 15.0. The van der Waals surface area contributed by atoms with Crippen LogP contribution in [0.15, 0.2) is 24.4 Å². The molecule has 0 amide bonds. The third-order valence-electron chi connectivity index (χ3n) is 5.10. The highest BCUT2D eigenvalue weighted by atomic mass is 16.6. The topological polar surface area (TPSA) is 84.1 Å². The van der Waals surface area contributed by atoms with Crippen LogP contribution in [0.1, 0.15) is 32.1 Å². The molecule has 139 valence electrons. The molecule has 2 aromatic heterocycles. The summed E-state index contributed by atoms with van der Waals surface area (Å²) in [6.45, 7) is 1.05. The number of H-pyrrole nitrogens is 1. The van der Waals surface area contributed by atoms with Gasteiger partial charge in [-0.15, -0.1) is 0 Å². The van der Waals surface area contributed by atoms with Gasteiger partial charge in [-0.1, -0.05) is 19.3 Å². The maximum absolute atomic E-state index is 5.75. The van der Waals surface area contributed by atoms with Crippen molar-refractivity contribution < 1.29 is 9.47 Å². The molecule has 1 aliphatic carbocycles. The average molecular weight is 364 g/mol. The van der Waals surface area contributed by atoms with Crippen LogP contribution < -0.4 is 20.1 Å². The number of nitrogens with one attached hydrogen (secondary N) is 3. The monoisotopic (exact) mass is 364 g/mol. The van der Waals surface area contributed by atoms with E-state index in [-0.39, 0.29) is 0 Å². The zero-order chi connectivity index (χ0) is 18.1. The van der Waals surface area contributed by atoms with Gasteiger partial charge in [-0.05, 0) is 31.0 Å². The number of benzene rings is 1. The summed E-state index contributed by atoms with van der Waals surface area (Å²) in [4.78, 5) is 12.6. The number of hydrogen-bond acceptors (Lipinski definition) is 6. The van der Waals surface area contributed by atoms with Crippen LogP contribution in [-0.2, 0) is 0 Å². The fraction of sp³-hybridized carbons (Fsp3) is 0.400. The third kappa shape index (κ3) is 3.25. The molecule has 7 heteroatoms. The van der Waals surface area contributed by atoms with E-state index in [1.54, 1.807) is 0 Å². The Morgan fingerprint density at radius 1 is 1.07 bits per heavy atom. The lowest BCUT2D eigenvalue weighted by molar-refractivity contribution is 0.172. The highest BCUT2D eigenvalue weighted by Crippen LogP contribution is 2.38. The Kier molecular flexibility index (Phi) is 4.20. The number of anilines is 3. The first-order valence-corrected chi connectivity index (χ1v) is 9.56. The number of fused-ring (bicyclic) bond motifs is 2. The van der Waals surface area contributed by atoms with Gasteiger partial charge in [-0.2, -0.15) is 9.97 Å². The maximum atomic E-state index is 5.75. The van der Waals surface area contributed by atoms with Gasteiger partial charge in [-0.25, -0.2) is 0 Å². The first kappa shape index (κ1) is 16.2. The molecule has 3 N–H and O–H groups in total. The first-order valence-electron chi connectivity index (χ1n) is 9.56. The highest BCUT2D eigenvalue weighted by molar-refractivity contribution is 5.88. The van der Waals surface area contributed by atoms with Crippen LogP contribution in [0.5, 0.6) is 11.5 Å². The number of nitrogens with zero attached hydrogens (tertiary/aromatic N) is 2. The molecule has 0 spiro atoms. The number of aromatic nitrogens is 3. The molecule has 27 heavy (non-hydrogen) atoms. The minimum absolute atomic E-state index is 0.468. The van der Waals surface area contributed by atoms with Gasteiger partial charge in [0.05, 0.1) is 11.1 Å². The van der Waals surface area contributed by atoms with Crippen LogP contribution in [0, 0.1) is 6.07 Å². The van der Waals surface area contributed by atoms with E-state index in [0.29, 0.717) is 36.7 Å². The molecule has 0 bridgehead atoms. The van der Waals surface area contributed by atoms with E-state index in [2.05, 4.69) is 26.7 Å². The molecule has 1 radical (unpaired) electrons. The molecule has 3 heterocycles. The Morgan fingerprint density at radius 2 is 1.96 bits per heavy atom. The van der Waals surface area contributed by atoms with E-state index in [9.17, 15) is 0 Å². The largest absolute Gasteiger partial charge is 0.485 e. The minimum atomic E-state index is 0.468. The molecular weight excluding hydrogens is 342 g/mol. The van der Waals surface area contributed by atoms with E-state index >= 15 is 0 Å². The van der Waals surface area contributed by atoms with Gasteiger partial charge >= 0.3 is 0 Å². The van der Waals surface area contributed by atoms with E-state index in [4.69, 9.17) is 14.5 Å². The zero-order valence-electron chi connectivity index (χ0n) is 15.0. The average Bonchev–Trinajstić information content (AvgIpc) is 3.18. The quantitative estimate of drug-likeness (QED) is 0.648. The van der Waals surface area contributed by atoms with E-state index in [1.165, 1.54) is 32.1 Å². The van der Waals surface area contributed by atoms with Gasteiger partial charge in [0, 0.05) is 18.3 Å². The molecule has 0 saturated heterocycles. The second kappa shape index (κ2) is 6.98. The number of hydrogen-bond donors (Lipinski definition) is 3. The summed E-state index contributed by atoms with van der Waals surface area (Å²) in [6, 6.07) is 9.24. The smallest absolute Gasteiger partial charge is 0.231 e. The molecule has 5 rings (SSSR count). The van der Waals surface area contributed by atoms with Gasteiger partial charge in [0.25, 0.3) is 0 Å². The van der Waals surface area contributed by atoms with Crippen molar-refractivity contribution in [3.05, 3.63) is 30.5 Å². The predicted octanol–water partition coefficient (Wildman–Crippen LogP) is 4.02. The van der Waals surface area contributed by atoms with Crippen LogP contribution in [0.2, 0.25) is 0 Å². The third-order valence-corrected chi connectivity index (χ3v) is 5.10. The summed E-state index contributed by atoms with van der Waals surface area (Å²) in [5, 5.41) is 7.92. The molecule has 0 atom stereocenters. The molecule has 1 saturated carbocycles. The fourth-order valence-electron chi connectivity index (χ4n) is 3.77. The molecule has 3 aromatic rings. The van der Waals surface area contributed by atoms with Crippen LogP contribution >= 0.6 is 0 Å². The summed E-state index contributed by atoms with van der Waals surface area (Å²) >= 11 is 0. The van der Waals surface area contributed by atoms with Crippen molar-refractivity contribution >= 4 is 28.5 Å². The van der Waals surface area contributed by atoms with Gasteiger partial charge < -0.3 is 25.1 Å². The minimum Gasteiger partial charge on any atom is -0.485 e. The van der Waals surface area contributed by atoms with Gasteiger partial charge in [-0.3, -0.25) is 0 Å². The predicted molar refractivity (Wildman–Crippen MR) is 104 cm³/mol. The molecule has 1 aromatic carbocycles. The highest BCUT2D eigenvalue weighted by Gasteiger charge is 2.19. The summed E-state index contributed by atoms with van der Waals surface area (Å²) in [7, 11) is 0.